The molecule has 1 heterocycles. The molecule has 2 N–H and O–H groups in total. The summed E-state index contributed by atoms with van der Waals surface area (Å²) in [6.07, 6.45) is 3.83. The summed E-state index contributed by atoms with van der Waals surface area (Å²) < 4.78 is 0. The fourth-order valence-corrected chi connectivity index (χ4v) is 4.28. The predicted molar refractivity (Wildman–Crippen MR) is 141 cm³/mol. The molecule has 5 nitrogen and oxygen atoms in total. The van der Waals surface area contributed by atoms with Gasteiger partial charge >= 0.3 is 0 Å². The van der Waals surface area contributed by atoms with E-state index >= 15 is 0 Å². The summed E-state index contributed by atoms with van der Waals surface area (Å²) in [6.45, 7) is 0.985. The first-order valence-electron chi connectivity index (χ1n) is 10.9. The van der Waals surface area contributed by atoms with Gasteiger partial charge < -0.3 is 20.1 Å². The lowest BCUT2D eigenvalue weighted by molar-refractivity contribution is -0.107. The first-order chi connectivity index (χ1) is 16.4. The van der Waals surface area contributed by atoms with Gasteiger partial charge in [-0.05, 0) is 73.6 Å². The number of halogens is 2. The summed E-state index contributed by atoms with van der Waals surface area (Å²) in [7, 11) is 4.13. The molecule has 0 unspecified atom stereocenters. The monoisotopic (exact) mass is 493 g/mol. The van der Waals surface area contributed by atoms with Gasteiger partial charge in [0.15, 0.2) is 5.75 Å². The second-order valence-corrected chi connectivity index (χ2v) is 9.24. The lowest BCUT2D eigenvalue weighted by Crippen LogP contribution is -2.14. The number of nitrogens with zero attached hydrogens (tertiary/aromatic N) is 2. The Labute approximate surface area is 209 Å². The van der Waals surface area contributed by atoms with Crippen LogP contribution in [-0.4, -0.2) is 41.9 Å². The number of anilines is 2. The van der Waals surface area contributed by atoms with Crippen molar-refractivity contribution in [2.24, 2.45) is 0 Å². The van der Waals surface area contributed by atoms with Crippen LogP contribution in [0.2, 0.25) is 10.0 Å². The number of fused-ring (bicyclic) bond motifs is 1. The number of aromatic hydroxyl groups is 1. The number of benzene rings is 3. The number of hydrogen-bond donors (Lipinski definition) is 2. The summed E-state index contributed by atoms with van der Waals surface area (Å²) in [5.74, 6) is -0.140. The third-order valence-corrected chi connectivity index (χ3v) is 6.25. The zero-order chi connectivity index (χ0) is 24.2. The Kier molecular flexibility index (Phi) is 7.37. The van der Waals surface area contributed by atoms with E-state index in [1.807, 2.05) is 30.3 Å². The van der Waals surface area contributed by atoms with E-state index < -0.39 is 0 Å². The van der Waals surface area contributed by atoms with Crippen molar-refractivity contribution in [1.82, 2.24) is 9.88 Å². The van der Waals surface area contributed by atoms with Crippen LogP contribution in [0.1, 0.15) is 11.1 Å². The Morgan fingerprint density at radius 1 is 1.00 bits per heavy atom. The van der Waals surface area contributed by atoms with Crippen LogP contribution in [0, 0.1) is 0 Å². The molecule has 0 bridgehead atoms. The SMILES string of the molecule is CN(C)CCc1ccc(Nc2c(CC=O)cnc3ccc(-c4cc(Cl)c(O)c(Cl)c4)cc23)cc1. The molecular formula is C27H25Cl2N3O2. The number of pyridine rings is 1. The van der Waals surface area contributed by atoms with Crippen molar-refractivity contribution in [1.29, 1.82) is 0 Å². The maximum atomic E-state index is 11.4. The standard InChI is InChI=1S/C27H25Cl2N3O2/c1-32(2)11-9-17-3-6-21(7-4-17)31-26-19(10-12-33)16-30-25-8-5-18(13-22(25)26)20-14-23(28)27(34)24(29)15-20/h3-8,12-16,34H,9-11H2,1-2H3,(H,30,31). The van der Waals surface area contributed by atoms with E-state index in [1.165, 1.54) is 5.56 Å². The van der Waals surface area contributed by atoms with Crippen molar-refractivity contribution >= 4 is 51.8 Å². The molecule has 0 saturated carbocycles. The number of likely N-dealkylation sites (N-methyl/N-ethyl adjacent to an activating group) is 1. The zero-order valence-electron chi connectivity index (χ0n) is 19.0. The number of aldehydes is 1. The number of carbonyl (C=O) groups excluding carboxylic acids is 1. The summed E-state index contributed by atoms with van der Waals surface area (Å²) in [4.78, 5) is 18.1. The smallest absolute Gasteiger partial charge is 0.152 e. The maximum Gasteiger partial charge on any atom is 0.152 e. The second kappa shape index (κ2) is 10.4. The number of carbonyl (C=O) groups is 1. The molecule has 0 aliphatic rings. The minimum absolute atomic E-state index is 0.140. The Hall–Kier alpha value is -3.12. The van der Waals surface area contributed by atoms with Gasteiger partial charge in [-0.3, -0.25) is 4.98 Å². The number of phenolic OH excluding ortho intramolecular Hbond substituents is 1. The van der Waals surface area contributed by atoms with Gasteiger partial charge in [-0.2, -0.15) is 0 Å². The molecule has 0 spiro atoms. The van der Waals surface area contributed by atoms with E-state index in [9.17, 15) is 9.90 Å². The molecular weight excluding hydrogens is 469 g/mol. The van der Waals surface area contributed by atoms with E-state index in [2.05, 4.69) is 41.4 Å². The molecule has 0 aliphatic carbocycles. The normalized spacial score (nSPS) is 11.2. The minimum atomic E-state index is -0.140. The summed E-state index contributed by atoms with van der Waals surface area (Å²) >= 11 is 12.3. The Balaban J connectivity index is 1.75. The first-order valence-corrected chi connectivity index (χ1v) is 11.7. The van der Waals surface area contributed by atoms with Gasteiger partial charge in [-0.1, -0.05) is 41.4 Å². The predicted octanol–water partition coefficient (Wildman–Crippen LogP) is 6.50. The summed E-state index contributed by atoms with van der Waals surface area (Å²) in [5, 5.41) is 14.7. The first kappa shape index (κ1) is 24.0. The van der Waals surface area contributed by atoms with E-state index in [4.69, 9.17) is 23.2 Å². The number of rotatable bonds is 8. The molecule has 7 heteroatoms. The van der Waals surface area contributed by atoms with E-state index in [0.717, 1.165) is 58.2 Å². The number of phenols is 1. The van der Waals surface area contributed by atoms with Gasteiger partial charge in [0.2, 0.25) is 0 Å². The van der Waals surface area contributed by atoms with Gasteiger partial charge in [-0.15, -0.1) is 0 Å². The number of aromatic nitrogens is 1. The minimum Gasteiger partial charge on any atom is -0.505 e. The van der Waals surface area contributed by atoms with Crippen LogP contribution in [0.5, 0.6) is 5.75 Å². The Morgan fingerprint density at radius 3 is 2.35 bits per heavy atom. The molecule has 34 heavy (non-hydrogen) atoms. The molecule has 4 rings (SSSR count). The van der Waals surface area contributed by atoms with Gasteiger partial charge in [0.05, 0.1) is 21.2 Å². The average molecular weight is 494 g/mol. The van der Waals surface area contributed by atoms with Crippen LogP contribution in [0.3, 0.4) is 0 Å². The molecule has 174 valence electrons. The third kappa shape index (κ3) is 5.33. The van der Waals surface area contributed by atoms with Gasteiger partial charge in [0.25, 0.3) is 0 Å². The van der Waals surface area contributed by atoms with E-state index in [0.29, 0.717) is 0 Å². The van der Waals surface area contributed by atoms with Crippen LogP contribution in [0.15, 0.2) is 60.8 Å². The van der Waals surface area contributed by atoms with Gasteiger partial charge in [0, 0.05) is 35.8 Å². The third-order valence-electron chi connectivity index (χ3n) is 5.67. The molecule has 0 fully saturated rings. The molecule has 3 aromatic carbocycles. The Morgan fingerprint density at radius 2 is 1.71 bits per heavy atom. The molecule has 0 radical (unpaired) electrons. The van der Waals surface area contributed by atoms with Crippen LogP contribution < -0.4 is 5.32 Å². The van der Waals surface area contributed by atoms with Crippen molar-refractivity contribution < 1.29 is 9.90 Å². The molecule has 0 saturated heterocycles. The maximum absolute atomic E-state index is 11.4. The molecule has 1 aromatic heterocycles. The summed E-state index contributed by atoms with van der Waals surface area (Å²) in [6, 6.07) is 17.5. The topological polar surface area (TPSA) is 65.5 Å². The fourth-order valence-electron chi connectivity index (χ4n) is 3.79. The highest BCUT2D eigenvalue weighted by molar-refractivity contribution is 6.37. The van der Waals surface area contributed by atoms with Crippen molar-refractivity contribution in [3.8, 4) is 16.9 Å². The molecule has 4 aromatic rings. The highest BCUT2D eigenvalue weighted by Gasteiger charge is 2.13. The van der Waals surface area contributed by atoms with Crippen molar-refractivity contribution in [2.75, 3.05) is 26.0 Å². The van der Waals surface area contributed by atoms with Crippen LogP contribution >= 0.6 is 23.2 Å². The lowest BCUT2D eigenvalue weighted by atomic mass is 10.00. The van der Waals surface area contributed by atoms with E-state index in [-0.39, 0.29) is 22.2 Å². The van der Waals surface area contributed by atoms with Crippen LogP contribution in [0.4, 0.5) is 11.4 Å². The summed E-state index contributed by atoms with van der Waals surface area (Å²) in [5.41, 5.74) is 6.24. The lowest BCUT2D eigenvalue weighted by Gasteiger charge is -2.16. The average Bonchev–Trinajstić information content (AvgIpc) is 2.83. The van der Waals surface area contributed by atoms with E-state index in [1.54, 1.807) is 18.3 Å². The van der Waals surface area contributed by atoms with Gasteiger partial charge in [0.1, 0.15) is 6.29 Å². The number of hydrogen-bond acceptors (Lipinski definition) is 5. The van der Waals surface area contributed by atoms with Crippen LogP contribution in [0.25, 0.3) is 22.0 Å². The fraction of sp³-hybridized carbons (Fsp3) is 0.185. The van der Waals surface area contributed by atoms with Crippen molar-refractivity contribution in [3.63, 3.8) is 0 Å². The van der Waals surface area contributed by atoms with Crippen molar-refractivity contribution in [3.05, 3.63) is 82.0 Å². The zero-order valence-corrected chi connectivity index (χ0v) is 20.5. The quantitative estimate of drug-likeness (QED) is 0.274. The molecule has 0 aliphatic heterocycles. The van der Waals surface area contributed by atoms with Crippen LogP contribution in [-0.2, 0) is 17.6 Å². The molecule has 0 amide bonds. The molecule has 0 atom stereocenters. The highest BCUT2D eigenvalue weighted by atomic mass is 35.5. The largest absolute Gasteiger partial charge is 0.505 e. The highest BCUT2D eigenvalue weighted by Crippen LogP contribution is 2.38. The van der Waals surface area contributed by atoms with Gasteiger partial charge in [-0.25, -0.2) is 0 Å². The Bertz CT molecular complexity index is 1320. The number of nitrogens with one attached hydrogen (secondary N) is 1. The van der Waals surface area contributed by atoms with Crippen molar-refractivity contribution in [2.45, 2.75) is 12.8 Å². The second-order valence-electron chi connectivity index (χ2n) is 8.42.